The molecule has 6 heteroatoms. The van der Waals surface area contributed by atoms with Crippen molar-refractivity contribution >= 4 is 33.8 Å². The number of halogens is 2. The zero-order valence-corrected chi connectivity index (χ0v) is 9.92. The first-order valence-corrected chi connectivity index (χ1v) is 5.90. The van der Waals surface area contributed by atoms with Crippen molar-refractivity contribution in [2.24, 2.45) is 5.73 Å². The molecule has 0 atom stereocenters. The van der Waals surface area contributed by atoms with Crippen molar-refractivity contribution in [3.8, 4) is 0 Å². The SMILES string of the molecule is CS(=O)(=O)c1ccc(CN)c(Cl)c1.Cl. The largest absolute Gasteiger partial charge is 0.326 e. The number of sulfone groups is 1. The van der Waals surface area contributed by atoms with Gasteiger partial charge in [0.2, 0.25) is 0 Å². The minimum absolute atomic E-state index is 0. The fourth-order valence-electron chi connectivity index (χ4n) is 0.924. The average molecular weight is 256 g/mol. The molecule has 0 aliphatic heterocycles. The van der Waals surface area contributed by atoms with E-state index in [-0.39, 0.29) is 17.3 Å². The van der Waals surface area contributed by atoms with Gasteiger partial charge in [-0.3, -0.25) is 0 Å². The van der Waals surface area contributed by atoms with Gasteiger partial charge in [0, 0.05) is 17.8 Å². The van der Waals surface area contributed by atoms with Crippen LogP contribution in [0.25, 0.3) is 0 Å². The first kappa shape index (κ1) is 13.7. The number of hydrogen-bond donors (Lipinski definition) is 1. The highest BCUT2D eigenvalue weighted by Gasteiger charge is 2.08. The summed E-state index contributed by atoms with van der Waals surface area (Å²) in [6.07, 6.45) is 1.14. The van der Waals surface area contributed by atoms with Crippen LogP contribution in [0.2, 0.25) is 5.02 Å². The molecule has 0 amide bonds. The molecule has 0 bridgehead atoms. The van der Waals surface area contributed by atoms with Crippen LogP contribution in [-0.2, 0) is 16.4 Å². The van der Waals surface area contributed by atoms with E-state index in [1.165, 1.54) is 12.1 Å². The number of benzene rings is 1. The van der Waals surface area contributed by atoms with Crippen LogP contribution in [0.5, 0.6) is 0 Å². The number of rotatable bonds is 2. The van der Waals surface area contributed by atoms with E-state index in [4.69, 9.17) is 17.3 Å². The van der Waals surface area contributed by atoms with Crippen LogP contribution < -0.4 is 5.73 Å². The van der Waals surface area contributed by atoms with Gasteiger partial charge in [0.1, 0.15) is 0 Å². The van der Waals surface area contributed by atoms with Crippen LogP contribution in [0, 0.1) is 0 Å². The van der Waals surface area contributed by atoms with Crippen molar-refractivity contribution in [1.82, 2.24) is 0 Å². The molecule has 0 unspecified atom stereocenters. The summed E-state index contributed by atoms with van der Waals surface area (Å²) in [6.45, 7) is 0.308. The highest BCUT2D eigenvalue weighted by atomic mass is 35.5. The Hall–Kier alpha value is -0.290. The molecule has 3 nitrogen and oxygen atoms in total. The van der Waals surface area contributed by atoms with Crippen LogP contribution in [0.4, 0.5) is 0 Å². The van der Waals surface area contributed by atoms with Crippen molar-refractivity contribution in [3.05, 3.63) is 28.8 Å². The summed E-state index contributed by atoms with van der Waals surface area (Å²) in [5.74, 6) is 0. The molecule has 0 aliphatic carbocycles. The van der Waals surface area contributed by atoms with Gasteiger partial charge in [-0.05, 0) is 17.7 Å². The van der Waals surface area contributed by atoms with Gasteiger partial charge in [-0.15, -0.1) is 12.4 Å². The molecule has 0 radical (unpaired) electrons. The molecule has 80 valence electrons. The Morgan fingerprint density at radius 2 is 2.00 bits per heavy atom. The second-order valence-corrected chi connectivity index (χ2v) is 5.15. The third kappa shape index (κ3) is 3.13. The van der Waals surface area contributed by atoms with Crippen LogP contribution in [-0.4, -0.2) is 14.7 Å². The van der Waals surface area contributed by atoms with E-state index in [2.05, 4.69) is 0 Å². The van der Waals surface area contributed by atoms with Crippen molar-refractivity contribution in [1.29, 1.82) is 0 Å². The van der Waals surface area contributed by atoms with Crippen LogP contribution in [0.3, 0.4) is 0 Å². The summed E-state index contributed by atoms with van der Waals surface area (Å²) in [7, 11) is -3.18. The molecule has 0 saturated heterocycles. The van der Waals surface area contributed by atoms with Crippen LogP contribution >= 0.6 is 24.0 Å². The van der Waals surface area contributed by atoms with Gasteiger partial charge in [-0.2, -0.15) is 0 Å². The van der Waals surface area contributed by atoms with E-state index in [0.717, 1.165) is 11.8 Å². The minimum atomic E-state index is -3.18. The lowest BCUT2D eigenvalue weighted by molar-refractivity contribution is 0.602. The fraction of sp³-hybridized carbons (Fsp3) is 0.250. The van der Waals surface area contributed by atoms with Crippen molar-refractivity contribution < 1.29 is 8.42 Å². The maximum absolute atomic E-state index is 11.1. The van der Waals surface area contributed by atoms with Crippen molar-refractivity contribution in [2.75, 3.05) is 6.26 Å². The van der Waals surface area contributed by atoms with Gasteiger partial charge >= 0.3 is 0 Å². The van der Waals surface area contributed by atoms with Crippen molar-refractivity contribution in [2.45, 2.75) is 11.4 Å². The third-order valence-electron chi connectivity index (χ3n) is 1.67. The summed E-state index contributed by atoms with van der Waals surface area (Å²) in [5.41, 5.74) is 6.12. The number of hydrogen-bond acceptors (Lipinski definition) is 3. The summed E-state index contributed by atoms with van der Waals surface area (Å²) in [5, 5.41) is 0.394. The molecule has 0 fully saturated rings. The van der Waals surface area contributed by atoms with Gasteiger partial charge in [0.15, 0.2) is 9.84 Å². The molecule has 0 heterocycles. The van der Waals surface area contributed by atoms with Crippen LogP contribution in [0.1, 0.15) is 5.56 Å². The molecule has 0 saturated carbocycles. The van der Waals surface area contributed by atoms with E-state index in [9.17, 15) is 8.42 Å². The molecule has 14 heavy (non-hydrogen) atoms. The summed E-state index contributed by atoms with van der Waals surface area (Å²) in [6, 6.07) is 4.54. The molecular formula is C8H11Cl2NO2S. The Balaban J connectivity index is 0.00000169. The molecule has 2 N–H and O–H groups in total. The smallest absolute Gasteiger partial charge is 0.175 e. The molecule has 1 aromatic rings. The Labute approximate surface area is 94.6 Å². The van der Waals surface area contributed by atoms with Gasteiger partial charge < -0.3 is 5.73 Å². The highest BCUT2D eigenvalue weighted by molar-refractivity contribution is 7.90. The lowest BCUT2D eigenvalue weighted by Gasteiger charge is -2.03. The summed E-state index contributed by atoms with van der Waals surface area (Å²) >= 11 is 5.79. The molecule has 0 aliphatic rings. The third-order valence-corrected chi connectivity index (χ3v) is 3.13. The van der Waals surface area contributed by atoms with Gasteiger partial charge in [-0.25, -0.2) is 8.42 Å². The molecular weight excluding hydrogens is 245 g/mol. The average Bonchev–Trinajstić information content (AvgIpc) is 2.02. The van der Waals surface area contributed by atoms with Crippen molar-refractivity contribution in [3.63, 3.8) is 0 Å². The van der Waals surface area contributed by atoms with Gasteiger partial charge in [0.25, 0.3) is 0 Å². The predicted octanol–water partition coefficient (Wildman–Crippen LogP) is 1.62. The maximum Gasteiger partial charge on any atom is 0.175 e. The standard InChI is InChI=1S/C8H10ClNO2S.ClH/c1-13(11,12)7-3-2-6(5-10)8(9)4-7;/h2-4H,5,10H2,1H3;1H. The predicted molar refractivity (Wildman–Crippen MR) is 59.7 cm³/mol. The van der Waals surface area contributed by atoms with E-state index < -0.39 is 9.84 Å². The summed E-state index contributed by atoms with van der Waals surface area (Å²) < 4.78 is 22.2. The van der Waals surface area contributed by atoms with E-state index in [0.29, 0.717) is 11.6 Å². The second-order valence-electron chi connectivity index (χ2n) is 2.73. The lowest BCUT2D eigenvalue weighted by atomic mass is 10.2. The first-order valence-electron chi connectivity index (χ1n) is 3.63. The molecule has 0 aromatic heterocycles. The number of nitrogens with two attached hydrogens (primary N) is 1. The monoisotopic (exact) mass is 255 g/mol. The van der Waals surface area contributed by atoms with E-state index >= 15 is 0 Å². The second kappa shape index (κ2) is 4.98. The quantitative estimate of drug-likeness (QED) is 0.874. The molecule has 1 aromatic carbocycles. The Morgan fingerprint density at radius 3 is 2.36 bits per heavy atom. The highest BCUT2D eigenvalue weighted by Crippen LogP contribution is 2.20. The first-order chi connectivity index (χ1) is 5.95. The van der Waals surface area contributed by atoms with Gasteiger partial charge in [0.05, 0.1) is 4.90 Å². The van der Waals surface area contributed by atoms with Gasteiger partial charge in [-0.1, -0.05) is 17.7 Å². The summed E-state index contributed by atoms with van der Waals surface area (Å²) in [4.78, 5) is 0.217. The zero-order chi connectivity index (χ0) is 10.1. The van der Waals surface area contributed by atoms with E-state index in [1.54, 1.807) is 6.07 Å². The molecule has 1 rings (SSSR count). The Bertz CT molecular complexity index is 417. The Kier molecular flexibility index (Phi) is 4.88. The Morgan fingerprint density at radius 1 is 1.43 bits per heavy atom. The lowest BCUT2D eigenvalue weighted by Crippen LogP contribution is -2.01. The van der Waals surface area contributed by atoms with E-state index in [1.807, 2.05) is 0 Å². The normalized spacial score (nSPS) is 10.8. The topological polar surface area (TPSA) is 60.2 Å². The van der Waals surface area contributed by atoms with Crippen LogP contribution in [0.15, 0.2) is 23.1 Å². The molecule has 0 spiro atoms. The fourth-order valence-corrected chi connectivity index (χ4v) is 1.89. The minimum Gasteiger partial charge on any atom is -0.326 e. The maximum atomic E-state index is 11.1. The zero-order valence-electron chi connectivity index (χ0n) is 7.53.